The van der Waals surface area contributed by atoms with Crippen LogP contribution in [0.15, 0.2) is 54.6 Å². The predicted molar refractivity (Wildman–Crippen MR) is 111 cm³/mol. The van der Waals surface area contributed by atoms with Gasteiger partial charge in [-0.25, -0.2) is 4.39 Å². The summed E-state index contributed by atoms with van der Waals surface area (Å²) in [6.07, 6.45) is 4.99. The number of piperazine rings is 1. The average Bonchev–Trinajstić information content (AvgIpc) is 2.72. The Morgan fingerprint density at radius 3 is 2.64 bits per heavy atom. The highest BCUT2D eigenvalue weighted by Crippen LogP contribution is 2.18. The Balaban J connectivity index is 1.55. The summed E-state index contributed by atoms with van der Waals surface area (Å²) in [5, 5.41) is 9.47. The van der Waals surface area contributed by atoms with Crippen LogP contribution in [-0.2, 0) is 6.54 Å². The molecule has 1 aliphatic heterocycles. The summed E-state index contributed by atoms with van der Waals surface area (Å²) in [5.74, 6) is 0.699. The van der Waals surface area contributed by atoms with Crippen LogP contribution in [0, 0.1) is 5.82 Å². The van der Waals surface area contributed by atoms with Crippen LogP contribution in [0.25, 0.3) is 6.08 Å². The standard InChI is InChI=1S/C23H29FN2O2/c1-28-22-10-8-19(9-11-22)5-4-13-25-14-15-26(21(18-25)12-16-27)17-20-6-2-3-7-23(20)24/h2-11,21,27H,12-18H2,1H3. The molecular formula is C23H29FN2O2. The van der Waals surface area contributed by atoms with Crippen molar-refractivity contribution >= 4 is 6.08 Å². The lowest BCUT2D eigenvalue weighted by molar-refractivity contribution is 0.0589. The van der Waals surface area contributed by atoms with E-state index in [-0.39, 0.29) is 18.5 Å². The Morgan fingerprint density at radius 2 is 1.93 bits per heavy atom. The maximum absolute atomic E-state index is 14.0. The molecule has 0 saturated carbocycles. The summed E-state index contributed by atoms with van der Waals surface area (Å²) in [5.41, 5.74) is 1.86. The fourth-order valence-corrected chi connectivity index (χ4v) is 3.65. The number of ether oxygens (including phenoxy) is 1. The van der Waals surface area contributed by atoms with Crippen LogP contribution in [0.3, 0.4) is 0 Å². The van der Waals surface area contributed by atoms with Crippen LogP contribution in [0.5, 0.6) is 5.75 Å². The van der Waals surface area contributed by atoms with Gasteiger partial charge in [0.1, 0.15) is 11.6 Å². The average molecular weight is 384 g/mol. The van der Waals surface area contributed by atoms with Crippen molar-refractivity contribution in [3.63, 3.8) is 0 Å². The molecule has 1 fully saturated rings. The van der Waals surface area contributed by atoms with E-state index in [2.05, 4.69) is 22.0 Å². The topological polar surface area (TPSA) is 35.9 Å². The van der Waals surface area contributed by atoms with Crippen LogP contribution in [0.1, 0.15) is 17.5 Å². The van der Waals surface area contributed by atoms with Gasteiger partial charge in [-0.1, -0.05) is 42.5 Å². The van der Waals surface area contributed by atoms with Gasteiger partial charge >= 0.3 is 0 Å². The number of hydrogen-bond donors (Lipinski definition) is 1. The van der Waals surface area contributed by atoms with Gasteiger partial charge in [0.2, 0.25) is 0 Å². The first kappa shape index (κ1) is 20.5. The normalized spacial score (nSPS) is 18.6. The van der Waals surface area contributed by atoms with Crippen LogP contribution in [0.2, 0.25) is 0 Å². The van der Waals surface area contributed by atoms with E-state index in [1.165, 1.54) is 6.07 Å². The van der Waals surface area contributed by atoms with Gasteiger partial charge in [-0.05, 0) is 30.2 Å². The molecule has 1 aliphatic rings. The van der Waals surface area contributed by atoms with Crippen LogP contribution in [0.4, 0.5) is 4.39 Å². The zero-order valence-electron chi connectivity index (χ0n) is 16.4. The zero-order chi connectivity index (χ0) is 19.8. The first-order chi connectivity index (χ1) is 13.7. The minimum Gasteiger partial charge on any atom is -0.497 e. The molecule has 28 heavy (non-hydrogen) atoms. The van der Waals surface area contributed by atoms with Crippen molar-refractivity contribution in [3.05, 3.63) is 71.6 Å². The zero-order valence-corrected chi connectivity index (χ0v) is 16.4. The Labute approximate surface area is 166 Å². The summed E-state index contributed by atoms with van der Waals surface area (Å²) in [4.78, 5) is 4.68. The van der Waals surface area contributed by atoms with Gasteiger partial charge in [-0.15, -0.1) is 0 Å². The molecule has 3 rings (SSSR count). The quantitative estimate of drug-likeness (QED) is 0.757. The Kier molecular flexibility index (Phi) is 7.60. The van der Waals surface area contributed by atoms with Crippen molar-refractivity contribution in [1.82, 2.24) is 9.80 Å². The molecule has 4 nitrogen and oxygen atoms in total. The lowest BCUT2D eigenvalue weighted by Crippen LogP contribution is -2.52. The minimum absolute atomic E-state index is 0.147. The van der Waals surface area contributed by atoms with Gasteiger partial charge < -0.3 is 9.84 Å². The number of aliphatic hydroxyl groups excluding tert-OH is 1. The molecule has 1 heterocycles. The fraction of sp³-hybridized carbons (Fsp3) is 0.391. The van der Waals surface area contributed by atoms with E-state index in [4.69, 9.17) is 4.74 Å². The minimum atomic E-state index is -0.157. The molecule has 1 atom stereocenters. The van der Waals surface area contributed by atoms with Crippen LogP contribution < -0.4 is 4.74 Å². The van der Waals surface area contributed by atoms with E-state index in [1.807, 2.05) is 36.4 Å². The molecule has 0 bridgehead atoms. The van der Waals surface area contributed by atoms with Crippen molar-refractivity contribution < 1.29 is 14.2 Å². The second-order valence-corrected chi connectivity index (χ2v) is 7.16. The first-order valence-corrected chi connectivity index (χ1v) is 9.81. The second-order valence-electron chi connectivity index (χ2n) is 7.16. The Bertz CT molecular complexity index is 763. The summed E-state index contributed by atoms with van der Waals surface area (Å²) in [6.45, 7) is 4.28. The molecule has 0 aromatic heterocycles. The van der Waals surface area contributed by atoms with E-state index in [0.717, 1.165) is 43.1 Å². The molecule has 1 N–H and O–H groups in total. The van der Waals surface area contributed by atoms with E-state index in [0.29, 0.717) is 13.0 Å². The maximum atomic E-state index is 14.0. The van der Waals surface area contributed by atoms with Gasteiger partial charge in [0, 0.05) is 50.9 Å². The van der Waals surface area contributed by atoms with E-state index in [9.17, 15) is 9.50 Å². The molecule has 5 heteroatoms. The van der Waals surface area contributed by atoms with Crippen molar-refractivity contribution in [2.45, 2.75) is 19.0 Å². The number of rotatable bonds is 8. The van der Waals surface area contributed by atoms with Gasteiger partial charge in [0.25, 0.3) is 0 Å². The highest BCUT2D eigenvalue weighted by atomic mass is 19.1. The van der Waals surface area contributed by atoms with Gasteiger partial charge in [0.15, 0.2) is 0 Å². The lowest BCUT2D eigenvalue weighted by atomic mass is 10.1. The van der Waals surface area contributed by atoms with Crippen molar-refractivity contribution in [2.75, 3.05) is 39.9 Å². The SMILES string of the molecule is COc1ccc(C=CCN2CCN(Cc3ccccc3F)C(CCO)C2)cc1. The molecule has 0 radical (unpaired) electrons. The smallest absolute Gasteiger partial charge is 0.127 e. The monoisotopic (exact) mass is 384 g/mol. The number of halogens is 1. The second kappa shape index (κ2) is 10.4. The van der Waals surface area contributed by atoms with Gasteiger partial charge in [-0.3, -0.25) is 9.80 Å². The molecule has 0 amide bonds. The molecule has 2 aromatic rings. The third-order valence-electron chi connectivity index (χ3n) is 5.27. The molecule has 1 unspecified atom stereocenters. The largest absolute Gasteiger partial charge is 0.497 e. The summed E-state index contributed by atoms with van der Waals surface area (Å²) >= 11 is 0. The van der Waals surface area contributed by atoms with Gasteiger partial charge in [-0.2, -0.15) is 0 Å². The highest BCUT2D eigenvalue weighted by Gasteiger charge is 2.26. The number of aliphatic hydroxyl groups is 1. The third-order valence-corrected chi connectivity index (χ3v) is 5.27. The maximum Gasteiger partial charge on any atom is 0.127 e. The van der Waals surface area contributed by atoms with Crippen molar-refractivity contribution in [1.29, 1.82) is 0 Å². The Hall–Kier alpha value is -2.21. The summed E-state index contributed by atoms with van der Waals surface area (Å²) < 4.78 is 19.2. The van der Waals surface area contributed by atoms with Crippen LogP contribution in [-0.4, -0.2) is 60.8 Å². The molecule has 1 saturated heterocycles. The van der Waals surface area contributed by atoms with E-state index >= 15 is 0 Å². The number of nitrogens with zero attached hydrogens (tertiary/aromatic N) is 2. The summed E-state index contributed by atoms with van der Waals surface area (Å²) in [7, 11) is 1.67. The van der Waals surface area contributed by atoms with E-state index in [1.54, 1.807) is 13.2 Å². The fourth-order valence-electron chi connectivity index (χ4n) is 3.65. The molecule has 2 aromatic carbocycles. The molecule has 0 aliphatic carbocycles. The van der Waals surface area contributed by atoms with Gasteiger partial charge in [0.05, 0.1) is 7.11 Å². The molecule has 0 spiro atoms. The molecule has 150 valence electrons. The number of hydrogen-bond acceptors (Lipinski definition) is 4. The number of benzene rings is 2. The molecular weight excluding hydrogens is 355 g/mol. The first-order valence-electron chi connectivity index (χ1n) is 9.81. The highest BCUT2D eigenvalue weighted by molar-refractivity contribution is 5.50. The van der Waals surface area contributed by atoms with Crippen molar-refractivity contribution in [3.8, 4) is 5.75 Å². The van der Waals surface area contributed by atoms with Crippen molar-refractivity contribution in [2.24, 2.45) is 0 Å². The summed E-state index contributed by atoms with van der Waals surface area (Å²) in [6, 6.07) is 15.2. The number of methoxy groups -OCH3 is 1. The Morgan fingerprint density at radius 1 is 1.14 bits per heavy atom. The van der Waals surface area contributed by atoms with Crippen LogP contribution >= 0.6 is 0 Å². The third kappa shape index (κ3) is 5.64. The predicted octanol–water partition coefficient (Wildman–Crippen LogP) is 3.42. The lowest BCUT2D eigenvalue weighted by Gasteiger charge is -2.41. The van der Waals surface area contributed by atoms with E-state index < -0.39 is 0 Å².